The monoisotopic (exact) mass is 298 g/mol. The van der Waals surface area contributed by atoms with Gasteiger partial charge in [0.05, 0.1) is 25.1 Å². The van der Waals surface area contributed by atoms with Crippen molar-refractivity contribution in [2.75, 3.05) is 25.5 Å². The molecule has 0 saturated heterocycles. The molecule has 1 heterocycles. The summed E-state index contributed by atoms with van der Waals surface area (Å²) in [5, 5.41) is 0. The predicted octanol–water partition coefficient (Wildman–Crippen LogP) is 4.24. The highest BCUT2D eigenvalue weighted by Crippen LogP contribution is 2.47. The largest absolute Gasteiger partial charge is 0.338 e. The third-order valence-electron chi connectivity index (χ3n) is 2.59. The van der Waals surface area contributed by atoms with Crippen LogP contribution in [0.5, 0.6) is 0 Å². The van der Waals surface area contributed by atoms with Crippen LogP contribution in [0.25, 0.3) is 0 Å². The van der Waals surface area contributed by atoms with E-state index in [4.69, 9.17) is 19.2 Å². The molecular formula is C17H20N2S. The average molecular weight is 299 g/mol. The predicted molar refractivity (Wildman–Crippen MR) is 87.2 cm³/mol. The van der Waals surface area contributed by atoms with Gasteiger partial charge in [-0.25, -0.2) is 0 Å². The first kappa shape index (κ1) is 4.79. The second-order valence-corrected chi connectivity index (χ2v) is 5.17. The van der Waals surface area contributed by atoms with Gasteiger partial charge >= 0.3 is 0 Å². The quantitative estimate of drug-likeness (QED) is 0.837. The van der Waals surface area contributed by atoms with E-state index in [9.17, 15) is 0 Å². The Bertz CT molecular complexity index is 1130. The van der Waals surface area contributed by atoms with Crippen molar-refractivity contribution in [1.29, 1.82) is 0 Å². The van der Waals surface area contributed by atoms with Crippen LogP contribution >= 0.6 is 11.8 Å². The fourth-order valence-electron chi connectivity index (χ4n) is 1.58. The Hall–Kier alpha value is -1.45. The second-order valence-electron chi connectivity index (χ2n) is 4.15. The highest BCUT2D eigenvalue weighted by atomic mass is 32.2. The fourth-order valence-corrected chi connectivity index (χ4v) is 2.47. The number of para-hydroxylation sites is 2. The first-order chi connectivity index (χ1) is 15.3. The summed E-state index contributed by atoms with van der Waals surface area (Å²) in [5.74, 6) is 0. The SMILES string of the molecule is [2H]c1c([2H])c([2H])c2c(c1[2H])Sc1c([2H])c([2H])c([2H])c([2H])c1N2C([2H])([2H])C([2H])(N(C)C)C([2H])([2H])[2H]. The Morgan fingerprint density at radius 3 is 2.25 bits per heavy atom. The maximum Gasteiger partial charge on any atom is 0.0645 e. The van der Waals surface area contributed by atoms with Gasteiger partial charge < -0.3 is 9.80 Å². The topological polar surface area (TPSA) is 6.48 Å². The van der Waals surface area contributed by atoms with E-state index >= 15 is 0 Å². The van der Waals surface area contributed by atoms with Crippen molar-refractivity contribution in [3.63, 3.8) is 0 Å². The molecule has 3 heteroatoms. The van der Waals surface area contributed by atoms with Crippen LogP contribution in [0.3, 0.4) is 0 Å². The maximum absolute atomic E-state index is 8.89. The van der Waals surface area contributed by atoms with Crippen molar-refractivity contribution >= 4 is 23.1 Å². The molecule has 0 aliphatic carbocycles. The first-order valence-corrected chi connectivity index (χ1v) is 6.51. The Morgan fingerprint density at radius 1 is 1.20 bits per heavy atom. The fraction of sp³-hybridized carbons (Fsp3) is 0.294. The van der Waals surface area contributed by atoms with Gasteiger partial charge in [0, 0.05) is 27.8 Å². The summed E-state index contributed by atoms with van der Waals surface area (Å²) in [7, 11) is 2.33. The molecule has 2 nitrogen and oxygen atoms in total. The Morgan fingerprint density at radius 2 is 1.75 bits per heavy atom. The van der Waals surface area contributed by atoms with Crippen LogP contribution in [0, 0.1) is 0 Å². The smallest absolute Gasteiger partial charge is 0.0645 e. The van der Waals surface area contributed by atoms with E-state index in [-0.39, 0.29) is 9.79 Å². The van der Waals surface area contributed by atoms with E-state index in [1.807, 2.05) is 0 Å². The van der Waals surface area contributed by atoms with Gasteiger partial charge in [-0.2, -0.15) is 0 Å². The molecule has 0 amide bonds. The highest BCUT2D eigenvalue weighted by Gasteiger charge is 2.24. The molecule has 3 rings (SSSR count). The summed E-state index contributed by atoms with van der Waals surface area (Å²) in [4.78, 5) is 0.819. The molecule has 1 atom stereocenters. The second kappa shape index (κ2) is 5.51. The molecule has 1 aliphatic rings. The number of rotatable bonds is 3. The molecule has 104 valence electrons. The van der Waals surface area contributed by atoms with Crippen LogP contribution in [0.1, 0.15) is 26.0 Å². The van der Waals surface area contributed by atoms with Gasteiger partial charge in [0.2, 0.25) is 0 Å². The van der Waals surface area contributed by atoms with Crippen LogP contribution < -0.4 is 4.90 Å². The van der Waals surface area contributed by atoms with Gasteiger partial charge in [0.15, 0.2) is 0 Å². The molecule has 0 spiro atoms. The van der Waals surface area contributed by atoms with Crippen molar-refractivity contribution in [3.05, 3.63) is 48.3 Å². The summed E-state index contributed by atoms with van der Waals surface area (Å²) in [6.45, 7) is -6.58. The molecule has 1 aliphatic heterocycles. The zero-order chi connectivity index (χ0) is 26.3. The van der Waals surface area contributed by atoms with E-state index in [1.54, 1.807) is 0 Å². The van der Waals surface area contributed by atoms with Crippen LogP contribution in [0.15, 0.2) is 58.1 Å². The molecule has 2 aromatic carbocycles. The van der Waals surface area contributed by atoms with Crippen LogP contribution in [0.4, 0.5) is 11.4 Å². The summed E-state index contributed by atoms with van der Waals surface area (Å²) in [6, 6.07) is -8.49. The van der Waals surface area contributed by atoms with Gasteiger partial charge in [-0.15, -0.1) is 0 Å². The van der Waals surface area contributed by atoms with Gasteiger partial charge in [-0.1, -0.05) is 35.9 Å². The molecule has 0 aromatic heterocycles. The standard InChI is InChI=1S/C17H20N2S/c1-13(18(2)3)12-19-14-8-4-6-10-16(14)20-17-11-7-5-9-15(17)19/h4-11,13H,12H2,1-3H3/i1D3,4D,5D,6D,7D,8D,9D,10D,11D,12D2,13D. The van der Waals surface area contributed by atoms with Crippen molar-refractivity contribution in [2.45, 2.75) is 22.7 Å². The van der Waals surface area contributed by atoms with Crippen molar-refractivity contribution in [2.24, 2.45) is 0 Å². The molecule has 0 N–H and O–H groups in total. The van der Waals surface area contributed by atoms with Gasteiger partial charge in [0.1, 0.15) is 0 Å². The van der Waals surface area contributed by atoms with Crippen LogP contribution in [0.2, 0.25) is 0 Å². The number of benzene rings is 2. The molecule has 0 fully saturated rings. The van der Waals surface area contributed by atoms with Crippen LogP contribution in [-0.2, 0) is 0 Å². The number of likely N-dealkylation sites (N-methyl/N-ethyl adjacent to an activating group) is 1. The zero-order valence-corrected chi connectivity index (χ0v) is 11.6. The minimum absolute atomic E-state index is 0.251. The number of anilines is 2. The Balaban J connectivity index is 2.59. The van der Waals surface area contributed by atoms with E-state index in [0.29, 0.717) is 16.7 Å². The summed E-state index contributed by atoms with van der Waals surface area (Å²) >= 11 is 0.611. The average Bonchev–Trinajstić information content (AvgIpc) is 2.75. The lowest BCUT2D eigenvalue weighted by Crippen LogP contribution is -2.37. The van der Waals surface area contributed by atoms with Crippen molar-refractivity contribution in [1.82, 2.24) is 4.90 Å². The number of hydrogen-bond donors (Lipinski definition) is 0. The van der Waals surface area contributed by atoms with Crippen LogP contribution in [-0.4, -0.2) is 31.5 Å². The Labute approximate surface area is 145 Å². The third kappa shape index (κ3) is 2.43. The third-order valence-corrected chi connectivity index (χ3v) is 3.58. The number of fused-ring (bicyclic) bond motifs is 2. The molecule has 0 bridgehead atoms. The van der Waals surface area contributed by atoms with Gasteiger partial charge in [-0.3, -0.25) is 0 Å². The molecule has 0 radical (unpaired) electrons. The lowest BCUT2D eigenvalue weighted by atomic mass is 10.2. The summed E-state index contributed by atoms with van der Waals surface area (Å²) in [5.41, 5.74) is -1.03. The summed E-state index contributed by atoms with van der Waals surface area (Å²) in [6.07, 6.45) is 0. The van der Waals surface area contributed by atoms with Crippen molar-refractivity contribution < 1.29 is 19.2 Å². The lowest BCUT2D eigenvalue weighted by molar-refractivity contribution is 0.319. The normalized spacial score (nSPS) is 27.9. The van der Waals surface area contributed by atoms with E-state index in [2.05, 4.69) is 0 Å². The Kier molecular flexibility index (Phi) is 1.32. The number of hydrogen-bond acceptors (Lipinski definition) is 3. The van der Waals surface area contributed by atoms with Gasteiger partial charge in [0.25, 0.3) is 0 Å². The zero-order valence-electron chi connectivity index (χ0n) is 24.8. The maximum atomic E-state index is 8.89. The highest BCUT2D eigenvalue weighted by molar-refractivity contribution is 7.99. The molecular weight excluding hydrogens is 264 g/mol. The summed E-state index contributed by atoms with van der Waals surface area (Å²) < 4.78 is 116. The minimum atomic E-state index is -3.29. The minimum Gasteiger partial charge on any atom is -0.338 e. The first-order valence-electron chi connectivity index (χ1n) is 12.7. The molecule has 20 heavy (non-hydrogen) atoms. The lowest BCUT2D eigenvalue weighted by Gasteiger charge is -2.36. The molecule has 1 unspecified atom stereocenters. The van der Waals surface area contributed by atoms with E-state index in [1.165, 1.54) is 14.1 Å². The molecule has 2 aromatic rings. The van der Waals surface area contributed by atoms with Gasteiger partial charge in [-0.05, 0) is 45.1 Å². The van der Waals surface area contributed by atoms with E-state index in [0.717, 1.165) is 4.90 Å². The van der Waals surface area contributed by atoms with Crippen molar-refractivity contribution in [3.8, 4) is 0 Å². The molecule has 0 saturated carbocycles. The number of nitrogens with zero attached hydrogens (tertiary/aromatic N) is 2. The van der Waals surface area contributed by atoms with E-state index < -0.39 is 79.1 Å².